The summed E-state index contributed by atoms with van der Waals surface area (Å²) in [6, 6.07) is 2.05. The molecule has 0 aliphatic carbocycles. The Bertz CT molecular complexity index is 257. The van der Waals surface area contributed by atoms with Gasteiger partial charge in [0.05, 0.1) is 6.07 Å². The highest BCUT2D eigenvalue weighted by atomic mass is 32.1. The van der Waals surface area contributed by atoms with Crippen molar-refractivity contribution in [2.45, 2.75) is 6.92 Å². The Kier molecular flexibility index (Phi) is 1.93. The number of rotatable bonds is 0. The normalized spacial score (nSPS) is 23.8. The molecule has 3 heteroatoms. The molecule has 1 aliphatic heterocycles. The van der Waals surface area contributed by atoms with E-state index in [0.29, 0.717) is 4.99 Å². The summed E-state index contributed by atoms with van der Waals surface area (Å²) in [5.41, 5.74) is 1.00. The highest BCUT2D eigenvalue weighted by Gasteiger charge is 2.12. The van der Waals surface area contributed by atoms with Crippen molar-refractivity contribution in [3.05, 3.63) is 11.6 Å². The minimum absolute atomic E-state index is 0.292. The summed E-state index contributed by atoms with van der Waals surface area (Å²) in [5, 5.41) is 8.52. The molecule has 1 unspecified atom stereocenters. The average Bonchev–Trinajstić information content (AvgIpc) is 1.94. The van der Waals surface area contributed by atoms with Crippen LogP contribution in [0.2, 0.25) is 0 Å². The Morgan fingerprint density at radius 3 is 3.00 bits per heavy atom. The van der Waals surface area contributed by atoms with Gasteiger partial charge in [0, 0.05) is 6.21 Å². The van der Waals surface area contributed by atoms with E-state index in [4.69, 9.17) is 17.5 Å². The SMILES string of the molecule is CC1=CC(C#N)C(=S)N=C1. The quantitative estimate of drug-likeness (QED) is 0.490. The first-order valence-corrected chi connectivity index (χ1v) is 3.31. The third-order valence-electron chi connectivity index (χ3n) is 1.23. The van der Waals surface area contributed by atoms with Gasteiger partial charge in [-0.2, -0.15) is 5.26 Å². The fourth-order valence-electron chi connectivity index (χ4n) is 0.715. The Morgan fingerprint density at radius 2 is 2.50 bits per heavy atom. The van der Waals surface area contributed by atoms with Gasteiger partial charge in [-0.15, -0.1) is 0 Å². The number of allylic oxidation sites excluding steroid dienone is 1. The number of aliphatic imine (C=N–C) groups is 1. The lowest BCUT2D eigenvalue weighted by Gasteiger charge is -2.06. The zero-order valence-electron chi connectivity index (χ0n) is 5.53. The van der Waals surface area contributed by atoms with E-state index in [1.807, 2.05) is 13.0 Å². The Hall–Kier alpha value is -1.01. The van der Waals surface area contributed by atoms with Gasteiger partial charge in [0.25, 0.3) is 0 Å². The molecule has 0 saturated heterocycles. The molecular formula is C7H6N2S. The van der Waals surface area contributed by atoms with Gasteiger partial charge < -0.3 is 0 Å². The Balaban J connectivity index is 2.90. The van der Waals surface area contributed by atoms with E-state index < -0.39 is 0 Å². The number of hydrogen-bond donors (Lipinski definition) is 0. The fourth-order valence-corrected chi connectivity index (χ4v) is 0.889. The molecular weight excluding hydrogens is 144 g/mol. The van der Waals surface area contributed by atoms with Crippen LogP contribution in [0, 0.1) is 17.2 Å². The summed E-state index contributed by atoms with van der Waals surface area (Å²) in [7, 11) is 0. The lowest BCUT2D eigenvalue weighted by molar-refractivity contribution is 1.12. The molecule has 0 aromatic carbocycles. The highest BCUT2D eigenvalue weighted by Crippen LogP contribution is 2.10. The molecule has 1 atom stereocenters. The van der Waals surface area contributed by atoms with Crippen LogP contribution in [0.1, 0.15) is 6.92 Å². The molecule has 1 rings (SSSR count). The fraction of sp³-hybridized carbons (Fsp3) is 0.286. The van der Waals surface area contributed by atoms with Crippen LogP contribution >= 0.6 is 12.2 Å². The van der Waals surface area contributed by atoms with Crippen LogP contribution in [0.4, 0.5) is 0 Å². The topological polar surface area (TPSA) is 36.1 Å². The molecule has 1 aliphatic rings. The van der Waals surface area contributed by atoms with Gasteiger partial charge in [-0.25, -0.2) is 4.99 Å². The molecule has 0 spiro atoms. The summed E-state index contributed by atoms with van der Waals surface area (Å²) in [6.07, 6.45) is 3.49. The monoisotopic (exact) mass is 150 g/mol. The van der Waals surface area contributed by atoms with Crippen LogP contribution in [0.5, 0.6) is 0 Å². The number of hydrogen-bond acceptors (Lipinski definition) is 2. The molecule has 0 aromatic heterocycles. The second kappa shape index (κ2) is 2.72. The summed E-state index contributed by atoms with van der Waals surface area (Å²) in [5.74, 6) is -0.292. The third-order valence-corrected chi connectivity index (χ3v) is 1.59. The van der Waals surface area contributed by atoms with Crippen LogP contribution in [-0.2, 0) is 0 Å². The van der Waals surface area contributed by atoms with E-state index >= 15 is 0 Å². The van der Waals surface area contributed by atoms with Gasteiger partial charge in [0.15, 0.2) is 0 Å². The van der Waals surface area contributed by atoms with Crippen molar-refractivity contribution in [1.82, 2.24) is 0 Å². The maximum absolute atomic E-state index is 8.52. The first-order chi connectivity index (χ1) is 4.74. The van der Waals surface area contributed by atoms with Gasteiger partial charge >= 0.3 is 0 Å². The summed E-state index contributed by atoms with van der Waals surface area (Å²) in [4.78, 5) is 4.34. The lowest BCUT2D eigenvalue weighted by atomic mass is 10.1. The second-order valence-electron chi connectivity index (χ2n) is 2.11. The van der Waals surface area contributed by atoms with Gasteiger partial charge in [0.1, 0.15) is 10.9 Å². The second-order valence-corrected chi connectivity index (χ2v) is 2.53. The zero-order valence-corrected chi connectivity index (χ0v) is 6.35. The Labute approximate surface area is 64.9 Å². The molecule has 2 nitrogen and oxygen atoms in total. The zero-order chi connectivity index (χ0) is 7.56. The van der Waals surface area contributed by atoms with Crippen LogP contribution in [-0.4, -0.2) is 11.2 Å². The molecule has 0 amide bonds. The summed E-state index contributed by atoms with van der Waals surface area (Å²) >= 11 is 4.81. The minimum atomic E-state index is -0.292. The van der Waals surface area contributed by atoms with Crippen molar-refractivity contribution in [3.63, 3.8) is 0 Å². The first kappa shape index (κ1) is 7.10. The van der Waals surface area contributed by atoms with E-state index in [0.717, 1.165) is 5.57 Å². The minimum Gasteiger partial charge on any atom is -0.248 e. The molecule has 0 bridgehead atoms. The van der Waals surface area contributed by atoms with E-state index in [1.165, 1.54) is 0 Å². The molecule has 0 aromatic rings. The maximum atomic E-state index is 8.52. The van der Waals surface area contributed by atoms with Gasteiger partial charge in [-0.1, -0.05) is 18.3 Å². The van der Waals surface area contributed by atoms with Crippen LogP contribution in [0.15, 0.2) is 16.6 Å². The standard InChI is InChI=1S/C7H6N2S/c1-5-2-6(3-8)7(10)9-4-5/h2,4,6H,1H3. The van der Waals surface area contributed by atoms with Crippen molar-refractivity contribution >= 4 is 23.4 Å². The van der Waals surface area contributed by atoms with E-state index in [2.05, 4.69) is 11.1 Å². The summed E-state index contributed by atoms with van der Waals surface area (Å²) < 4.78 is 0. The predicted octanol–water partition coefficient (Wildman–Crippen LogP) is 1.48. The lowest BCUT2D eigenvalue weighted by Crippen LogP contribution is -2.09. The van der Waals surface area contributed by atoms with Crippen LogP contribution in [0.25, 0.3) is 0 Å². The van der Waals surface area contributed by atoms with Crippen molar-refractivity contribution in [3.8, 4) is 6.07 Å². The number of nitriles is 1. The molecule has 0 saturated carbocycles. The maximum Gasteiger partial charge on any atom is 0.124 e. The number of dihydropyridines is 1. The average molecular weight is 150 g/mol. The van der Waals surface area contributed by atoms with Gasteiger partial charge in [-0.3, -0.25) is 0 Å². The van der Waals surface area contributed by atoms with Crippen LogP contribution in [0.3, 0.4) is 0 Å². The molecule has 0 radical (unpaired) electrons. The highest BCUT2D eigenvalue weighted by molar-refractivity contribution is 7.80. The van der Waals surface area contributed by atoms with Gasteiger partial charge in [0.2, 0.25) is 0 Å². The largest absolute Gasteiger partial charge is 0.248 e. The van der Waals surface area contributed by atoms with E-state index in [1.54, 1.807) is 6.21 Å². The molecule has 0 fully saturated rings. The van der Waals surface area contributed by atoms with Crippen molar-refractivity contribution in [2.24, 2.45) is 10.9 Å². The third kappa shape index (κ3) is 1.28. The molecule has 10 heavy (non-hydrogen) atoms. The predicted molar refractivity (Wildman–Crippen MR) is 44.0 cm³/mol. The summed E-state index contributed by atoms with van der Waals surface area (Å²) in [6.45, 7) is 1.90. The van der Waals surface area contributed by atoms with Crippen molar-refractivity contribution in [1.29, 1.82) is 5.26 Å². The molecule has 1 heterocycles. The van der Waals surface area contributed by atoms with E-state index in [9.17, 15) is 0 Å². The molecule has 0 N–H and O–H groups in total. The van der Waals surface area contributed by atoms with Crippen LogP contribution < -0.4 is 0 Å². The number of thiocarbonyl (C=S) groups is 1. The van der Waals surface area contributed by atoms with Crippen molar-refractivity contribution in [2.75, 3.05) is 0 Å². The Morgan fingerprint density at radius 1 is 1.80 bits per heavy atom. The van der Waals surface area contributed by atoms with Crippen molar-refractivity contribution < 1.29 is 0 Å². The first-order valence-electron chi connectivity index (χ1n) is 2.90. The van der Waals surface area contributed by atoms with E-state index in [-0.39, 0.29) is 5.92 Å². The number of nitrogens with zero attached hydrogens (tertiary/aromatic N) is 2. The molecule has 50 valence electrons. The van der Waals surface area contributed by atoms with Gasteiger partial charge in [-0.05, 0) is 12.5 Å². The smallest absolute Gasteiger partial charge is 0.124 e.